The molecular weight excluding hydrogens is 1010 g/mol. The van der Waals surface area contributed by atoms with Crippen LogP contribution in [0.4, 0.5) is 0 Å². The molecule has 3 heteroatoms. The summed E-state index contributed by atoms with van der Waals surface area (Å²) in [5.74, 6) is 3.01. The number of aliphatic hydroxyl groups excluding tert-OH is 1. The summed E-state index contributed by atoms with van der Waals surface area (Å²) in [5.41, 5.74) is 0. The number of rotatable bonds is 73. The van der Waals surface area contributed by atoms with Gasteiger partial charge in [-0.1, -0.05) is 444 Å². The second-order valence-corrected chi connectivity index (χ2v) is 29.3. The molecule has 2 aliphatic carbocycles. The Morgan fingerprint density at radius 1 is 0.253 bits per heavy atom. The molecular formula is C80H156O3. The molecule has 0 bridgehead atoms. The Labute approximate surface area is 523 Å². The first-order chi connectivity index (χ1) is 41.1. The summed E-state index contributed by atoms with van der Waals surface area (Å²) < 4.78 is 0. The second-order valence-electron chi connectivity index (χ2n) is 29.3. The minimum Gasteiger partial charge on any atom is -0.481 e. The van der Waals surface area contributed by atoms with Crippen LogP contribution < -0.4 is 0 Å². The van der Waals surface area contributed by atoms with E-state index in [9.17, 15) is 15.0 Å². The largest absolute Gasteiger partial charge is 0.481 e. The van der Waals surface area contributed by atoms with Crippen molar-refractivity contribution in [2.24, 2.45) is 29.6 Å². The number of aliphatic carboxylic acids is 1. The number of hydrogen-bond acceptors (Lipinski definition) is 2. The molecule has 0 amide bonds. The highest BCUT2D eigenvalue weighted by atomic mass is 16.4. The van der Waals surface area contributed by atoms with Crippen molar-refractivity contribution in [3.8, 4) is 0 Å². The van der Waals surface area contributed by atoms with Crippen LogP contribution in [0, 0.1) is 29.6 Å². The van der Waals surface area contributed by atoms with E-state index in [0.29, 0.717) is 12.8 Å². The SMILES string of the molecule is CCCCCCCCCCCCCCCCCCCCCCCCC(C(=O)O)C(O)CCCCCCCCCCCCCC1CC1CCCCCCCCCCCCCCC1CC1CCCCCCCCCCCCCCCCCCCC. The molecule has 83 heavy (non-hydrogen) atoms. The number of hydrogen-bond donors (Lipinski definition) is 2. The van der Waals surface area contributed by atoms with Gasteiger partial charge >= 0.3 is 5.97 Å². The number of carboxylic acid groups (broad SMARTS) is 1. The zero-order valence-corrected chi connectivity index (χ0v) is 57.5. The van der Waals surface area contributed by atoms with Crippen LogP contribution in [0.1, 0.15) is 470 Å². The standard InChI is InChI=1S/C80H156O3/c1-3-5-7-9-11-13-15-17-19-21-23-24-25-26-28-30-32-40-46-52-58-64-70-78(80(82)83)79(81)71-65-59-53-47-41-35-39-45-51-57-63-69-77-73-76(77)68-62-56-50-44-38-34-33-37-43-49-55-61-67-75-72-74(75)66-60-54-48-42-36-31-29-27-22-20-18-16-14-12-10-8-6-4-2/h74-79,81H,3-73H2,1-2H3,(H,82,83). The molecule has 2 fully saturated rings. The van der Waals surface area contributed by atoms with Gasteiger partial charge in [-0.05, 0) is 49.4 Å². The maximum atomic E-state index is 12.0. The first-order valence-corrected chi connectivity index (χ1v) is 40.0. The lowest BCUT2D eigenvalue weighted by Gasteiger charge is -2.19. The van der Waals surface area contributed by atoms with Crippen LogP contribution >= 0.6 is 0 Å². The maximum absolute atomic E-state index is 12.0. The highest BCUT2D eigenvalue weighted by Gasteiger charge is 2.36. The van der Waals surface area contributed by atoms with Gasteiger partial charge in [0.25, 0.3) is 0 Å². The molecule has 0 radical (unpaired) electrons. The third-order valence-corrected chi connectivity index (χ3v) is 21.2. The summed E-state index contributed by atoms with van der Waals surface area (Å²) in [6, 6.07) is 0. The maximum Gasteiger partial charge on any atom is 0.309 e. The fourth-order valence-corrected chi connectivity index (χ4v) is 14.9. The lowest BCUT2D eigenvalue weighted by atomic mass is 9.91. The second kappa shape index (κ2) is 63.0. The first-order valence-electron chi connectivity index (χ1n) is 40.0. The topological polar surface area (TPSA) is 57.5 Å². The van der Waals surface area contributed by atoms with Gasteiger partial charge in [-0.2, -0.15) is 0 Å². The van der Waals surface area contributed by atoms with Crippen LogP contribution in [0.25, 0.3) is 0 Å². The number of aliphatic hydroxyl groups is 1. The van der Waals surface area contributed by atoms with Gasteiger partial charge in [0.1, 0.15) is 0 Å². The van der Waals surface area contributed by atoms with E-state index in [4.69, 9.17) is 0 Å². The van der Waals surface area contributed by atoms with Crippen molar-refractivity contribution in [3.63, 3.8) is 0 Å². The Kier molecular flexibility index (Phi) is 59.6. The monoisotopic (exact) mass is 1170 g/mol. The number of carbonyl (C=O) groups is 1. The summed E-state index contributed by atoms with van der Waals surface area (Å²) in [6.45, 7) is 4.61. The van der Waals surface area contributed by atoms with Crippen molar-refractivity contribution in [2.45, 2.75) is 476 Å². The van der Waals surface area contributed by atoms with Crippen molar-refractivity contribution in [1.82, 2.24) is 0 Å². The number of unbranched alkanes of at least 4 members (excludes halogenated alkanes) is 59. The zero-order chi connectivity index (χ0) is 59.2. The van der Waals surface area contributed by atoms with Crippen LogP contribution in [0.3, 0.4) is 0 Å². The molecule has 6 unspecified atom stereocenters. The Hall–Kier alpha value is -0.570. The van der Waals surface area contributed by atoms with Gasteiger partial charge in [0.15, 0.2) is 0 Å². The normalized spacial score (nSPS) is 17.4. The van der Waals surface area contributed by atoms with Crippen LogP contribution in [0.2, 0.25) is 0 Å². The Balaban J connectivity index is 1.19. The van der Waals surface area contributed by atoms with E-state index in [-0.39, 0.29) is 0 Å². The zero-order valence-electron chi connectivity index (χ0n) is 57.5. The molecule has 0 heterocycles. The minimum absolute atomic E-state index is 0.580. The third-order valence-electron chi connectivity index (χ3n) is 21.2. The molecule has 0 spiro atoms. The molecule has 2 rings (SSSR count). The van der Waals surface area contributed by atoms with E-state index in [2.05, 4.69) is 13.8 Å². The highest BCUT2D eigenvalue weighted by Crippen LogP contribution is 2.47. The summed E-state index contributed by atoms with van der Waals surface area (Å²) in [5, 5.41) is 20.6. The van der Waals surface area contributed by atoms with Gasteiger partial charge in [-0.3, -0.25) is 4.79 Å². The number of carboxylic acids is 1. The average molecular weight is 1170 g/mol. The van der Waals surface area contributed by atoms with Crippen molar-refractivity contribution in [3.05, 3.63) is 0 Å². The molecule has 3 nitrogen and oxygen atoms in total. The Morgan fingerprint density at radius 3 is 0.590 bits per heavy atom. The van der Waals surface area contributed by atoms with Crippen molar-refractivity contribution >= 4 is 5.97 Å². The van der Waals surface area contributed by atoms with E-state index in [1.54, 1.807) is 25.7 Å². The van der Waals surface area contributed by atoms with Crippen molar-refractivity contribution in [2.75, 3.05) is 0 Å². The highest BCUT2D eigenvalue weighted by molar-refractivity contribution is 5.70. The minimum atomic E-state index is -0.796. The summed E-state index contributed by atoms with van der Waals surface area (Å²) >= 11 is 0. The Bertz CT molecular complexity index is 1260. The molecule has 0 aromatic carbocycles. The van der Waals surface area contributed by atoms with Crippen molar-refractivity contribution < 1.29 is 15.0 Å². The summed E-state index contributed by atoms with van der Waals surface area (Å²) in [7, 11) is 0. The van der Waals surface area contributed by atoms with Gasteiger partial charge < -0.3 is 10.2 Å². The molecule has 0 aromatic heterocycles. The molecule has 494 valence electrons. The molecule has 0 saturated heterocycles. The van der Waals surface area contributed by atoms with E-state index in [1.807, 2.05) is 0 Å². The van der Waals surface area contributed by atoms with E-state index < -0.39 is 18.0 Å². The molecule has 0 aromatic rings. The summed E-state index contributed by atoms with van der Waals surface area (Å²) in [4.78, 5) is 12.0. The fraction of sp³-hybridized carbons (Fsp3) is 0.988. The third kappa shape index (κ3) is 55.2. The lowest BCUT2D eigenvalue weighted by molar-refractivity contribution is -0.146. The van der Waals surface area contributed by atoms with Gasteiger partial charge in [-0.15, -0.1) is 0 Å². The van der Waals surface area contributed by atoms with E-state index in [1.165, 1.54) is 392 Å². The molecule has 6 atom stereocenters. The van der Waals surface area contributed by atoms with Crippen LogP contribution in [0.5, 0.6) is 0 Å². The van der Waals surface area contributed by atoms with Crippen LogP contribution in [-0.4, -0.2) is 22.3 Å². The smallest absolute Gasteiger partial charge is 0.309 e. The van der Waals surface area contributed by atoms with Crippen LogP contribution in [-0.2, 0) is 4.79 Å². The quantitative estimate of drug-likeness (QED) is 0.0597. The van der Waals surface area contributed by atoms with Gasteiger partial charge in [0, 0.05) is 0 Å². The summed E-state index contributed by atoms with van der Waals surface area (Å²) in [6.07, 6.45) is 99.0. The molecule has 2 N–H and O–H groups in total. The molecule has 2 aliphatic rings. The molecule has 0 aliphatic heterocycles. The lowest BCUT2D eigenvalue weighted by Crippen LogP contribution is -2.28. The van der Waals surface area contributed by atoms with Gasteiger partial charge in [-0.25, -0.2) is 0 Å². The van der Waals surface area contributed by atoms with E-state index >= 15 is 0 Å². The molecule has 2 saturated carbocycles. The fourth-order valence-electron chi connectivity index (χ4n) is 14.9. The average Bonchev–Trinajstić information content (AvgIpc) is 4.63. The van der Waals surface area contributed by atoms with E-state index in [0.717, 1.165) is 49.4 Å². The van der Waals surface area contributed by atoms with Crippen LogP contribution in [0.15, 0.2) is 0 Å². The predicted octanol–water partition coefficient (Wildman–Crippen LogP) is 28.3. The van der Waals surface area contributed by atoms with Gasteiger partial charge in [0.2, 0.25) is 0 Å². The van der Waals surface area contributed by atoms with Crippen molar-refractivity contribution in [1.29, 1.82) is 0 Å². The van der Waals surface area contributed by atoms with Gasteiger partial charge in [0.05, 0.1) is 12.0 Å². The predicted molar refractivity (Wildman–Crippen MR) is 370 cm³/mol. The Morgan fingerprint density at radius 2 is 0.410 bits per heavy atom. The first kappa shape index (κ1) is 78.5.